The summed E-state index contributed by atoms with van der Waals surface area (Å²) in [6.07, 6.45) is 6.66. The van der Waals surface area contributed by atoms with Crippen LogP contribution in [0, 0.1) is 0 Å². The van der Waals surface area contributed by atoms with E-state index in [9.17, 15) is 4.79 Å². The fourth-order valence-corrected chi connectivity index (χ4v) is 2.04. The molecule has 0 bridgehead atoms. The van der Waals surface area contributed by atoms with E-state index in [-0.39, 0.29) is 5.92 Å². The number of carbonyl (C=O) groups excluding carboxylic acids is 1. The predicted molar refractivity (Wildman–Crippen MR) is 70.8 cm³/mol. The zero-order chi connectivity index (χ0) is 12.8. The molecular weight excluding hydrogens is 212 g/mol. The van der Waals surface area contributed by atoms with E-state index in [0.717, 1.165) is 30.4 Å². The lowest BCUT2D eigenvalue weighted by Crippen LogP contribution is -2.18. The lowest BCUT2D eigenvalue weighted by Gasteiger charge is -2.16. The van der Waals surface area contributed by atoms with Crippen molar-refractivity contribution < 1.29 is 4.79 Å². The van der Waals surface area contributed by atoms with E-state index in [1.807, 2.05) is 6.07 Å². The number of pyridine rings is 1. The van der Waals surface area contributed by atoms with Crippen LogP contribution < -0.4 is 5.73 Å². The SMILES string of the molecule is C=Cc1ccnc(C(N)=O)c1C(C)CCCC. The van der Waals surface area contributed by atoms with E-state index in [0.29, 0.717) is 5.69 Å². The molecular formula is C14H20N2O. The first-order valence-electron chi connectivity index (χ1n) is 6.02. The fraction of sp³-hybridized carbons (Fsp3) is 0.429. The van der Waals surface area contributed by atoms with Crippen LogP contribution >= 0.6 is 0 Å². The van der Waals surface area contributed by atoms with Crippen LogP contribution in [0.1, 0.15) is 60.6 Å². The molecule has 3 heteroatoms. The van der Waals surface area contributed by atoms with Crippen LogP contribution in [0.4, 0.5) is 0 Å². The molecule has 1 atom stereocenters. The van der Waals surface area contributed by atoms with E-state index >= 15 is 0 Å². The minimum Gasteiger partial charge on any atom is -0.364 e. The molecule has 0 aliphatic rings. The number of amides is 1. The molecule has 0 fully saturated rings. The summed E-state index contributed by atoms with van der Waals surface area (Å²) in [5.41, 5.74) is 7.64. The minimum absolute atomic E-state index is 0.277. The van der Waals surface area contributed by atoms with Crippen molar-refractivity contribution in [2.45, 2.75) is 39.0 Å². The van der Waals surface area contributed by atoms with Gasteiger partial charge in [-0.3, -0.25) is 9.78 Å². The Hall–Kier alpha value is -1.64. The Morgan fingerprint density at radius 3 is 2.88 bits per heavy atom. The van der Waals surface area contributed by atoms with Gasteiger partial charge in [-0.15, -0.1) is 0 Å². The number of aromatic nitrogens is 1. The maximum absolute atomic E-state index is 11.4. The van der Waals surface area contributed by atoms with Gasteiger partial charge < -0.3 is 5.73 Å². The molecule has 0 saturated carbocycles. The van der Waals surface area contributed by atoms with E-state index in [4.69, 9.17) is 5.73 Å². The minimum atomic E-state index is -0.466. The number of nitrogens with zero attached hydrogens (tertiary/aromatic N) is 1. The Balaban J connectivity index is 3.16. The van der Waals surface area contributed by atoms with Gasteiger partial charge in [-0.1, -0.05) is 39.3 Å². The quantitative estimate of drug-likeness (QED) is 0.819. The Labute approximate surface area is 103 Å². The highest BCUT2D eigenvalue weighted by Crippen LogP contribution is 2.27. The van der Waals surface area contributed by atoms with Crippen LogP contribution in [-0.4, -0.2) is 10.9 Å². The summed E-state index contributed by atoms with van der Waals surface area (Å²) >= 11 is 0. The van der Waals surface area contributed by atoms with Crippen molar-refractivity contribution in [2.24, 2.45) is 5.73 Å². The van der Waals surface area contributed by atoms with Gasteiger partial charge in [0.1, 0.15) is 5.69 Å². The molecule has 0 aliphatic heterocycles. The second-order valence-corrected chi connectivity index (χ2v) is 4.27. The van der Waals surface area contributed by atoms with Crippen LogP contribution in [0.5, 0.6) is 0 Å². The highest BCUT2D eigenvalue weighted by Gasteiger charge is 2.18. The van der Waals surface area contributed by atoms with Crippen LogP contribution in [-0.2, 0) is 0 Å². The number of unbranched alkanes of at least 4 members (excludes halogenated alkanes) is 1. The van der Waals surface area contributed by atoms with E-state index in [1.54, 1.807) is 12.3 Å². The van der Waals surface area contributed by atoms with Crippen LogP contribution in [0.15, 0.2) is 18.8 Å². The average molecular weight is 232 g/mol. The summed E-state index contributed by atoms with van der Waals surface area (Å²) in [5.74, 6) is -0.189. The molecule has 0 aliphatic carbocycles. The zero-order valence-corrected chi connectivity index (χ0v) is 10.6. The third kappa shape index (κ3) is 3.16. The first-order chi connectivity index (χ1) is 8.11. The standard InChI is InChI=1S/C14H20N2O/c1-4-6-7-10(3)12-11(5-2)8-9-16-13(12)14(15)17/h5,8-10H,2,4,6-7H2,1,3H3,(H2,15,17). The Morgan fingerprint density at radius 2 is 2.35 bits per heavy atom. The topological polar surface area (TPSA) is 56.0 Å². The van der Waals surface area contributed by atoms with E-state index < -0.39 is 5.91 Å². The van der Waals surface area contributed by atoms with Gasteiger partial charge in [-0.2, -0.15) is 0 Å². The van der Waals surface area contributed by atoms with Gasteiger partial charge in [-0.25, -0.2) is 0 Å². The molecule has 0 saturated heterocycles. The van der Waals surface area contributed by atoms with Crippen molar-refractivity contribution in [2.75, 3.05) is 0 Å². The molecule has 2 N–H and O–H groups in total. The van der Waals surface area contributed by atoms with Gasteiger partial charge in [-0.05, 0) is 29.5 Å². The predicted octanol–water partition coefficient (Wildman–Crippen LogP) is 3.12. The molecule has 0 aromatic carbocycles. The van der Waals surface area contributed by atoms with Crippen molar-refractivity contribution >= 4 is 12.0 Å². The summed E-state index contributed by atoms with van der Waals surface area (Å²) in [6.45, 7) is 8.03. The van der Waals surface area contributed by atoms with Gasteiger partial charge in [0.05, 0.1) is 0 Å². The monoisotopic (exact) mass is 232 g/mol. The maximum atomic E-state index is 11.4. The highest BCUT2D eigenvalue weighted by atomic mass is 16.1. The lowest BCUT2D eigenvalue weighted by atomic mass is 9.90. The van der Waals surface area contributed by atoms with Gasteiger partial charge >= 0.3 is 0 Å². The van der Waals surface area contributed by atoms with Crippen LogP contribution in [0.2, 0.25) is 0 Å². The van der Waals surface area contributed by atoms with Crippen LogP contribution in [0.3, 0.4) is 0 Å². The van der Waals surface area contributed by atoms with Crippen molar-refractivity contribution in [1.82, 2.24) is 4.98 Å². The van der Waals surface area contributed by atoms with Crippen LogP contribution in [0.25, 0.3) is 6.08 Å². The summed E-state index contributed by atoms with van der Waals surface area (Å²) < 4.78 is 0. The molecule has 17 heavy (non-hydrogen) atoms. The molecule has 92 valence electrons. The summed E-state index contributed by atoms with van der Waals surface area (Å²) in [4.78, 5) is 15.5. The molecule has 1 aromatic heterocycles. The Bertz CT molecular complexity index is 413. The second-order valence-electron chi connectivity index (χ2n) is 4.27. The average Bonchev–Trinajstić information content (AvgIpc) is 2.34. The number of nitrogens with two attached hydrogens (primary N) is 1. The largest absolute Gasteiger partial charge is 0.364 e. The Morgan fingerprint density at radius 1 is 1.65 bits per heavy atom. The molecule has 0 spiro atoms. The number of hydrogen-bond acceptors (Lipinski definition) is 2. The van der Waals surface area contributed by atoms with Crippen molar-refractivity contribution in [1.29, 1.82) is 0 Å². The molecule has 1 heterocycles. The summed E-state index contributed by atoms with van der Waals surface area (Å²) in [5, 5.41) is 0. The first-order valence-corrected chi connectivity index (χ1v) is 6.02. The number of rotatable bonds is 6. The molecule has 1 rings (SSSR count). The Kier molecular flexibility index (Phi) is 4.88. The molecule has 1 amide bonds. The highest BCUT2D eigenvalue weighted by molar-refractivity contribution is 5.93. The first kappa shape index (κ1) is 13.4. The number of hydrogen-bond donors (Lipinski definition) is 1. The number of carbonyl (C=O) groups is 1. The lowest BCUT2D eigenvalue weighted by molar-refractivity contribution is 0.0994. The van der Waals surface area contributed by atoms with Gasteiger partial charge in [0.15, 0.2) is 0 Å². The summed E-state index contributed by atoms with van der Waals surface area (Å²) in [7, 11) is 0. The second kappa shape index (κ2) is 6.18. The smallest absolute Gasteiger partial charge is 0.267 e. The maximum Gasteiger partial charge on any atom is 0.267 e. The van der Waals surface area contributed by atoms with E-state index in [1.165, 1.54) is 0 Å². The summed E-state index contributed by atoms with van der Waals surface area (Å²) in [6, 6.07) is 1.87. The molecule has 1 unspecified atom stereocenters. The van der Waals surface area contributed by atoms with Gasteiger partial charge in [0.25, 0.3) is 5.91 Å². The molecule has 0 radical (unpaired) electrons. The van der Waals surface area contributed by atoms with Gasteiger partial charge in [0.2, 0.25) is 0 Å². The fourth-order valence-electron chi connectivity index (χ4n) is 2.04. The number of primary amides is 1. The van der Waals surface area contributed by atoms with E-state index in [2.05, 4.69) is 25.4 Å². The van der Waals surface area contributed by atoms with Gasteiger partial charge in [0, 0.05) is 6.20 Å². The normalized spacial score (nSPS) is 12.1. The van der Waals surface area contributed by atoms with Crippen molar-refractivity contribution in [3.05, 3.63) is 35.7 Å². The van der Waals surface area contributed by atoms with Crippen molar-refractivity contribution in [3.8, 4) is 0 Å². The third-order valence-electron chi connectivity index (χ3n) is 2.96. The zero-order valence-electron chi connectivity index (χ0n) is 10.6. The molecule has 1 aromatic rings. The van der Waals surface area contributed by atoms with Crippen molar-refractivity contribution in [3.63, 3.8) is 0 Å². The molecule has 3 nitrogen and oxygen atoms in total. The third-order valence-corrected chi connectivity index (χ3v) is 2.96.